The van der Waals surface area contributed by atoms with E-state index in [1.165, 1.54) is 38.4 Å². The third-order valence-corrected chi connectivity index (χ3v) is 5.73. The molecular formula is C18H21NO4S. The van der Waals surface area contributed by atoms with E-state index in [1.807, 2.05) is 32.9 Å². The maximum absolute atomic E-state index is 12.4. The Balaban J connectivity index is 2.38. The molecule has 0 aliphatic rings. The van der Waals surface area contributed by atoms with Crippen molar-refractivity contribution >= 4 is 16.0 Å². The lowest BCUT2D eigenvalue weighted by Gasteiger charge is -2.14. The maximum Gasteiger partial charge on any atom is 0.343 e. The first-order chi connectivity index (χ1) is 11.1. The molecule has 0 saturated carbocycles. The highest BCUT2D eigenvalue weighted by molar-refractivity contribution is 7.89. The van der Waals surface area contributed by atoms with E-state index in [9.17, 15) is 13.2 Å². The third kappa shape index (κ3) is 3.49. The minimum absolute atomic E-state index is 0.0552. The van der Waals surface area contributed by atoms with Crippen molar-refractivity contribution in [3.8, 4) is 5.75 Å². The molecule has 5 nitrogen and oxygen atoms in total. The molecule has 2 aromatic carbocycles. The van der Waals surface area contributed by atoms with E-state index in [0.717, 1.165) is 21.0 Å². The van der Waals surface area contributed by atoms with Gasteiger partial charge in [0.1, 0.15) is 5.75 Å². The Morgan fingerprint density at radius 3 is 2.25 bits per heavy atom. The lowest BCUT2D eigenvalue weighted by atomic mass is 10.1. The maximum atomic E-state index is 12.4. The van der Waals surface area contributed by atoms with Gasteiger partial charge in [-0.25, -0.2) is 17.5 Å². The van der Waals surface area contributed by atoms with Crippen molar-refractivity contribution in [1.29, 1.82) is 0 Å². The molecular weight excluding hydrogens is 326 g/mol. The molecule has 0 aliphatic carbocycles. The van der Waals surface area contributed by atoms with Crippen LogP contribution in [-0.2, 0) is 10.0 Å². The summed E-state index contributed by atoms with van der Waals surface area (Å²) in [6.07, 6.45) is 0. The molecule has 6 heteroatoms. The Hall–Kier alpha value is -2.18. The third-order valence-electron chi connectivity index (χ3n) is 3.92. The van der Waals surface area contributed by atoms with Crippen molar-refractivity contribution in [3.05, 3.63) is 58.7 Å². The summed E-state index contributed by atoms with van der Waals surface area (Å²) < 4.78 is 31.0. The highest BCUT2D eigenvalue weighted by Gasteiger charge is 2.20. The first-order valence-electron chi connectivity index (χ1n) is 7.46. The van der Waals surface area contributed by atoms with E-state index in [-0.39, 0.29) is 10.5 Å². The number of carbonyl (C=O) groups is 1. The molecule has 0 aromatic heterocycles. The Kier molecular flexibility index (Phi) is 5.11. The SMILES string of the molecule is Cc1ccc(C)c(OC(=O)c2cccc(S(=O)(=O)N(C)C)c2)c1C. The van der Waals surface area contributed by atoms with Crippen molar-refractivity contribution in [2.24, 2.45) is 0 Å². The van der Waals surface area contributed by atoms with Crippen LogP contribution < -0.4 is 4.74 Å². The van der Waals surface area contributed by atoms with Gasteiger partial charge in [-0.15, -0.1) is 0 Å². The Morgan fingerprint density at radius 1 is 1.00 bits per heavy atom. The Bertz CT molecular complexity index is 886. The van der Waals surface area contributed by atoms with Crippen molar-refractivity contribution in [3.63, 3.8) is 0 Å². The van der Waals surface area contributed by atoms with Crippen molar-refractivity contribution in [1.82, 2.24) is 4.31 Å². The molecule has 2 rings (SSSR count). The Morgan fingerprint density at radius 2 is 1.62 bits per heavy atom. The summed E-state index contributed by atoms with van der Waals surface area (Å²) in [5, 5.41) is 0. The van der Waals surface area contributed by atoms with E-state index >= 15 is 0 Å². The molecule has 2 aromatic rings. The van der Waals surface area contributed by atoms with Crippen LogP contribution in [0, 0.1) is 20.8 Å². The lowest BCUT2D eigenvalue weighted by Crippen LogP contribution is -2.22. The number of esters is 1. The molecule has 0 saturated heterocycles. The zero-order chi connectivity index (χ0) is 18.1. The fraction of sp³-hybridized carbons (Fsp3) is 0.278. The summed E-state index contributed by atoms with van der Waals surface area (Å²) >= 11 is 0. The van der Waals surface area contributed by atoms with Gasteiger partial charge in [0.15, 0.2) is 0 Å². The second kappa shape index (κ2) is 6.75. The van der Waals surface area contributed by atoms with E-state index in [2.05, 4.69) is 0 Å². The molecule has 0 N–H and O–H groups in total. The van der Waals surface area contributed by atoms with Crippen LogP contribution in [-0.4, -0.2) is 32.8 Å². The number of benzene rings is 2. The summed E-state index contributed by atoms with van der Waals surface area (Å²) in [5.41, 5.74) is 2.95. The first kappa shape index (κ1) is 18.2. The van der Waals surface area contributed by atoms with E-state index in [1.54, 1.807) is 0 Å². The number of ether oxygens (including phenoxy) is 1. The highest BCUT2D eigenvalue weighted by Crippen LogP contribution is 2.27. The fourth-order valence-electron chi connectivity index (χ4n) is 2.23. The number of sulfonamides is 1. The van der Waals surface area contributed by atoms with Gasteiger partial charge in [0.05, 0.1) is 10.5 Å². The molecule has 0 unspecified atom stereocenters. The van der Waals surface area contributed by atoms with Gasteiger partial charge in [0.2, 0.25) is 10.0 Å². The molecule has 0 aliphatic heterocycles. The fourth-order valence-corrected chi connectivity index (χ4v) is 3.18. The van der Waals surface area contributed by atoms with Gasteiger partial charge in [-0.2, -0.15) is 0 Å². The average molecular weight is 347 g/mol. The van der Waals surface area contributed by atoms with Crippen LogP contribution in [0.5, 0.6) is 5.75 Å². The first-order valence-corrected chi connectivity index (χ1v) is 8.90. The monoisotopic (exact) mass is 347 g/mol. The van der Waals surface area contributed by atoms with E-state index < -0.39 is 16.0 Å². The predicted molar refractivity (Wildman–Crippen MR) is 92.9 cm³/mol. The van der Waals surface area contributed by atoms with Crippen LogP contribution in [0.4, 0.5) is 0 Å². The molecule has 0 amide bonds. The summed E-state index contributed by atoms with van der Waals surface area (Å²) in [6, 6.07) is 9.71. The summed E-state index contributed by atoms with van der Waals surface area (Å²) in [4.78, 5) is 12.5. The summed E-state index contributed by atoms with van der Waals surface area (Å²) in [5.74, 6) is -0.0662. The minimum Gasteiger partial charge on any atom is -0.422 e. The molecule has 24 heavy (non-hydrogen) atoms. The van der Waals surface area contributed by atoms with Gasteiger partial charge >= 0.3 is 5.97 Å². The molecule has 0 atom stereocenters. The van der Waals surface area contributed by atoms with Crippen molar-refractivity contribution < 1.29 is 17.9 Å². The smallest absolute Gasteiger partial charge is 0.343 e. The number of carbonyl (C=O) groups excluding carboxylic acids is 1. The summed E-state index contributed by atoms with van der Waals surface area (Å²) in [6.45, 7) is 5.69. The number of aryl methyl sites for hydroxylation is 2. The second-order valence-corrected chi connectivity index (χ2v) is 8.01. The molecule has 0 fully saturated rings. The van der Waals surface area contributed by atoms with Crippen LogP contribution in [0.1, 0.15) is 27.0 Å². The van der Waals surface area contributed by atoms with Crippen molar-refractivity contribution in [2.75, 3.05) is 14.1 Å². The largest absolute Gasteiger partial charge is 0.422 e. The van der Waals surface area contributed by atoms with E-state index in [4.69, 9.17) is 4.74 Å². The molecule has 0 radical (unpaired) electrons. The topological polar surface area (TPSA) is 63.7 Å². The van der Waals surface area contributed by atoms with Crippen molar-refractivity contribution in [2.45, 2.75) is 25.7 Å². The van der Waals surface area contributed by atoms with E-state index in [0.29, 0.717) is 5.75 Å². The normalized spacial score (nSPS) is 11.6. The molecule has 0 heterocycles. The standard InChI is InChI=1S/C18H21NO4S/c1-12-9-10-13(2)17(14(12)3)23-18(20)15-7-6-8-16(11-15)24(21,22)19(4)5/h6-11H,1-5H3. The number of nitrogens with zero attached hydrogens (tertiary/aromatic N) is 1. The lowest BCUT2D eigenvalue weighted by molar-refractivity contribution is 0.0732. The van der Waals surface area contributed by atoms with Gasteiger partial charge < -0.3 is 4.74 Å². The van der Waals surface area contributed by atoms with Gasteiger partial charge in [-0.1, -0.05) is 18.2 Å². The minimum atomic E-state index is -3.60. The van der Waals surface area contributed by atoms with Crippen LogP contribution in [0.2, 0.25) is 0 Å². The average Bonchev–Trinajstić information content (AvgIpc) is 2.55. The zero-order valence-electron chi connectivity index (χ0n) is 14.5. The Labute approximate surface area is 142 Å². The van der Waals surface area contributed by atoms with Crippen LogP contribution >= 0.6 is 0 Å². The molecule has 0 spiro atoms. The van der Waals surface area contributed by atoms with Gasteiger partial charge in [-0.05, 0) is 55.7 Å². The molecule has 0 bridgehead atoms. The van der Waals surface area contributed by atoms with Gasteiger partial charge in [-0.3, -0.25) is 0 Å². The predicted octanol–water partition coefficient (Wildman–Crippen LogP) is 3.08. The van der Waals surface area contributed by atoms with Crippen LogP contribution in [0.3, 0.4) is 0 Å². The van der Waals surface area contributed by atoms with Crippen LogP contribution in [0.25, 0.3) is 0 Å². The zero-order valence-corrected chi connectivity index (χ0v) is 15.3. The number of hydrogen-bond acceptors (Lipinski definition) is 4. The van der Waals surface area contributed by atoms with Gasteiger partial charge in [0, 0.05) is 14.1 Å². The second-order valence-electron chi connectivity index (χ2n) is 5.86. The highest BCUT2D eigenvalue weighted by atomic mass is 32.2. The number of rotatable bonds is 4. The quantitative estimate of drug-likeness (QED) is 0.630. The van der Waals surface area contributed by atoms with Gasteiger partial charge in [0.25, 0.3) is 0 Å². The summed E-state index contributed by atoms with van der Waals surface area (Å²) in [7, 11) is -0.715. The number of hydrogen-bond donors (Lipinski definition) is 0. The van der Waals surface area contributed by atoms with Crippen LogP contribution in [0.15, 0.2) is 41.3 Å². The molecule has 128 valence electrons.